The van der Waals surface area contributed by atoms with Gasteiger partial charge in [0.15, 0.2) is 5.82 Å². The van der Waals surface area contributed by atoms with Gasteiger partial charge in [-0.2, -0.15) is 0 Å². The van der Waals surface area contributed by atoms with Crippen molar-refractivity contribution in [3.63, 3.8) is 0 Å². The van der Waals surface area contributed by atoms with Crippen molar-refractivity contribution < 1.29 is 24.5 Å². The third-order valence-electron chi connectivity index (χ3n) is 6.08. The number of ether oxygens (including phenoxy) is 1. The minimum absolute atomic E-state index is 0.558. The van der Waals surface area contributed by atoms with E-state index in [1.54, 1.807) is 0 Å². The summed E-state index contributed by atoms with van der Waals surface area (Å²) in [6.45, 7) is 5.68. The minimum Gasteiger partial charge on any atom is -0.478 e. The van der Waals surface area contributed by atoms with Crippen molar-refractivity contribution in [1.82, 2.24) is 9.88 Å². The highest BCUT2D eigenvalue weighted by molar-refractivity contribution is 6.18. The molecule has 0 radical (unpaired) electrons. The molecule has 1 aromatic heterocycles. The molecule has 0 saturated carbocycles. The highest BCUT2D eigenvalue weighted by Gasteiger charge is 2.24. The number of rotatable bonds is 7. The molecule has 2 aliphatic heterocycles. The van der Waals surface area contributed by atoms with Crippen LogP contribution in [0.25, 0.3) is 0 Å². The number of carbonyl (C=O) groups is 2. The average Bonchev–Trinajstić information content (AvgIpc) is 3.08. The van der Waals surface area contributed by atoms with Crippen molar-refractivity contribution in [1.29, 1.82) is 0 Å². The van der Waals surface area contributed by atoms with Crippen LogP contribution in [-0.2, 0) is 14.3 Å². The van der Waals surface area contributed by atoms with E-state index in [2.05, 4.69) is 64.4 Å². The maximum atomic E-state index is 9.55. The van der Waals surface area contributed by atoms with E-state index in [0.717, 1.165) is 74.2 Å². The molecule has 0 amide bonds. The van der Waals surface area contributed by atoms with E-state index in [-0.39, 0.29) is 0 Å². The number of carboxylic acid groups (broad SMARTS) is 2. The lowest BCUT2D eigenvalue weighted by molar-refractivity contribution is -0.134. The second kappa shape index (κ2) is 13.3. The quantitative estimate of drug-likeness (QED) is 0.452. The van der Waals surface area contributed by atoms with Crippen LogP contribution in [0.5, 0.6) is 0 Å². The number of pyridine rings is 1. The summed E-state index contributed by atoms with van der Waals surface area (Å²) in [6, 6.07) is 23.0. The summed E-state index contributed by atoms with van der Waals surface area (Å²) in [7, 11) is 0. The van der Waals surface area contributed by atoms with Gasteiger partial charge in [0.1, 0.15) is 5.69 Å². The number of morpholine rings is 1. The number of hydrogen-bond donors (Lipinski definition) is 2. The standard InChI is InChI=1S/C25H26N4O.C4H4O4/c1-2-8-20(9-3-1)24-21-10-4-5-12-23(21)29(25-22(27-24)11-6-13-26-25)15-7-14-28-16-18-30-19-17-28;5-3(6)1-2-4(7)8/h1-6,8-13H,7,14-19H2;1-2H,(H,5,6)(H,7,8). The molecule has 5 rings (SSSR count). The molecule has 0 aliphatic carbocycles. The van der Waals surface area contributed by atoms with Crippen LogP contribution >= 0.6 is 0 Å². The number of benzene rings is 2. The van der Waals surface area contributed by atoms with Crippen molar-refractivity contribution in [2.45, 2.75) is 6.42 Å². The predicted molar refractivity (Wildman–Crippen MR) is 146 cm³/mol. The van der Waals surface area contributed by atoms with Gasteiger partial charge in [-0.3, -0.25) is 4.90 Å². The number of fused-ring (bicyclic) bond motifs is 2. The highest BCUT2D eigenvalue weighted by atomic mass is 16.5. The van der Waals surface area contributed by atoms with Crippen LogP contribution in [0.15, 0.2) is 90.1 Å². The summed E-state index contributed by atoms with van der Waals surface area (Å²) < 4.78 is 5.48. The monoisotopic (exact) mass is 514 g/mol. The van der Waals surface area contributed by atoms with Gasteiger partial charge in [-0.15, -0.1) is 0 Å². The van der Waals surface area contributed by atoms with Crippen LogP contribution in [0.3, 0.4) is 0 Å². The fraction of sp³-hybridized carbons (Fsp3) is 0.241. The Hall–Kier alpha value is -4.34. The fourth-order valence-corrected chi connectivity index (χ4v) is 4.35. The summed E-state index contributed by atoms with van der Waals surface area (Å²) in [5, 5.41) is 15.6. The molecular weight excluding hydrogens is 484 g/mol. The van der Waals surface area contributed by atoms with Gasteiger partial charge >= 0.3 is 11.9 Å². The second-order valence-electron chi connectivity index (χ2n) is 8.66. The average molecular weight is 515 g/mol. The largest absolute Gasteiger partial charge is 0.478 e. The van der Waals surface area contributed by atoms with Gasteiger partial charge in [-0.1, -0.05) is 48.5 Å². The van der Waals surface area contributed by atoms with Crippen molar-refractivity contribution >= 4 is 34.8 Å². The molecule has 2 aromatic carbocycles. The Kier molecular flexibility index (Phi) is 9.33. The number of anilines is 2. The Balaban J connectivity index is 0.000000368. The number of aliphatic carboxylic acids is 2. The van der Waals surface area contributed by atoms with Crippen molar-refractivity contribution in [2.24, 2.45) is 4.99 Å². The number of aromatic nitrogens is 1. The Morgan fingerprint density at radius 2 is 1.55 bits per heavy atom. The Bertz CT molecular complexity index is 1290. The molecule has 2 N–H and O–H groups in total. The molecule has 0 spiro atoms. The zero-order valence-electron chi connectivity index (χ0n) is 20.9. The van der Waals surface area contributed by atoms with E-state index in [4.69, 9.17) is 24.9 Å². The molecular formula is C29H30N4O5. The van der Waals surface area contributed by atoms with Gasteiger partial charge < -0.3 is 19.8 Å². The van der Waals surface area contributed by atoms with Crippen LogP contribution in [0, 0.1) is 0 Å². The molecule has 1 fully saturated rings. The van der Waals surface area contributed by atoms with Crippen LogP contribution in [0.1, 0.15) is 17.5 Å². The van der Waals surface area contributed by atoms with Crippen LogP contribution in [-0.4, -0.2) is 77.1 Å². The summed E-state index contributed by atoms with van der Waals surface area (Å²) in [5.41, 5.74) is 5.34. The highest BCUT2D eigenvalue weighted by Crippen LogP contribution is 2.39. The smallest absolute Gasteiger partial charge is 0.328 e. The van der Waals surface area contributed by atoms with Gasteiger partial charge in [-0.25, -0.2) is 19.6 Å². The molecule has 9 heteroatoms. The van der Waals surface area contributed by atoms with E-state index in [1.807, 2.05) is 18.3 Å². The second-order valence-corrected chi connectivity index (χ2v) is 8.66. The minimum atomic E-state index is -1.26. The number of carboxylic acids is 2. The number of nitrogens with zero attached hydrogens (tertiary/aromatic N) is 4. The zero-order chi connectivity index (χ0) is 26.7. The first-order valence-electron chi connectivity index (χ1n) is 12.4. The van der Waals surface area contributed by atoms with Gasteiger partial charge in [0, 0.05) is 55.7 Å². The lowest BCUT2D eigenvalue weighted by atomic mass is 10.00. The Morgan fingerprint density at radius 1 is 0.868 bits per heavy atom. The molecule has 2 aliphatic rings. The van der Waals surface area contributed by atoms with Crippen molar-refractivity contribution in [3.8, 4) is 0 Å². The first-order valence-corrected chi connectivity index (χ1v) is 12.4. The molecule has 3 heterocycles. The number of hydrogen-bond acceptors (Lipinski definition) is 7. The van der Waals surface area contributed by atoms with Gasteiger partial charge in [0.2, 0.25) is 0 Å². The number of para-hydroxylation sites is 1. The van der Waals surface area contributed by atoms with Gasteiger partial charge in [0.25, 0.3) is 0 Å². The summed E-state index contributed by atoms with van der Waals surface area (Å²) in [6.07, 6.45) is 4.04. The van der Waals surface area contributed by atoms with Crippen LogP contribution in [0.4, 0.5) is 17.2 Å². The first kappa shape index (κ1) is 26.7. The third-order valence-corrected chi connectivity index (χ3v) is 6.08. The molecule has 9 nitrogen and oxygen atoms in total. The van der Waals surface area contributed by atoms with E-state index >= 15 is 0 Å². The summed E-state index contributed by atoms with van der Waals surface area (Å²) in [5.74, 6) is -1.59. The molecule has 196 valence electrons. The molecule has 0 bridgehead atoms. The topological polar surface area (TPSA) is 116 Å². The lowest BCUT2D eigenvalue weighted by Gasteiger charge is -2.29. The molecule has 3 aromatic rings. The zero-order valence-corrected chi connectivity index (χ0v) is 20.9. The van der Waals surface area contributed by atoms with Crippen molar-refractivity contribution in [2.75, 3.05) is 44.3 Å². The lowest BCUT2D eigenvalue weighted by Crippen LogP contribution is -2.38. The fourth-order valence-electron chi connectivity index (χ4n) is 4.35. The van der Waals surface area contributed by atoms with E-state index in [9.17, 15) is 9.59 Å². The predicted octanol–water partition coefficient (Wildman–Crippen LogP) is 4.14. The van der Waals surface area contributed by atoms with E-state index in [0.29, 0.717) is 12.2 Å². The van der Waals surface area contributed by atoms with Crippen LogP contribution < -0.4 is 4.90 Å². The van der Waals surface area contributed by atoms with E-state index in [1.165, 1.54) is 5.69 Å². The maximum absolute atomic E-state index is 9.55. The Labute approximate surface area is 221 Å². The SMILES string of the molecule is O=C(O)C=CC(=O)O.c1ccc(C2=Nc3cccnc3N(CCCN3CCOCC3)c3ccccc32)cc1. The maximum Gasteiger partial charge on any atom is 0.328 e. The summed E-state index contributed by atoms with van der Waals surface area (Å²) >= 11 is 0. The van der Waals surface area contributed by atoms with Crippen LogP contribution in [0.2, 0.25) is 0 Å². The molecule has 1 saturated heterocycles. The first-order chi connectivity index (χ1) is 18.5. The van der Waals surface area contributed by atoms with Gasteiger partial charge in [-0.05, 0) is 24.6 Å². The van der Waals surface area contributed by atoms with Gasteiger partial charge in [0.05, 0.1) is 24.6 Å². The molecule has 38 heavy (non-hydrogen) atoms. The van der Waals surface area contributed by atoms with E-state index < -0.39 is 11.9 Å². The Morgan fingerprint density at radius 3 is 2.26 bits per heavy atom. The molecule has 0 atom stereocenters. The normalized spacial score (nSPS) is 14.9. The third kappa shape index (κ3) is 7.12. The molecule has 0 unspecified atom stereocenters. The van der Waals surface area contributed by atoms with Crippen molar-refractivity contribution in [3.05, 3.63) is 96.2 Å². The number of aliphatic imine (C=N–C) groups is 1. The summed E-state index contributed by atoms with van der Waals surface area (Å²) in [4.78, 5) is 33.8.